The van der Waals surface area contributed by atoms with E-state index in [-0.39, 0.29) is 23.6 Å². The smallest absolute Gasteiger partial charge is 0.0985 e. The molecule has 0 fully saturated rings. The van der Waals surface area contributed by atoms with E-state index in [4.69, 9.17) is 4.98 Å². The molecule has 3 nitrogen and oxygen atoms in total. The van der Waals surface area contributed by atoms with Gasteiger partial charge < -0.3 is 10.4 Å². The van der Waals surface area contributed by atoms with Gasteiger partial charge in [-0.3, -0.25) is 0 Å². The van der Waals surface area contributed by atoms with Gasteiger partial charge >= 0.3 is 0 Å². The second kappa shape index (κ2) is 6.00. The molecule has 23 heavy (non-hydrogen) atoms. The number of aryl methyl sites for hydroxylation is 1. The molecule has 1 aromatic heterocycles. The Morgan fingerprint density at radius 1 is 1.30 bits per heavy atom. The summed E-state index contributed by atoms with van der Waals surface area (Å²) in [5.41, 5.74) is 3.65. The van der Waals surface area contributed by atoms with E-state index in [0.29, 0.717) is 0 Å². The minimum atomic E-state index is -0.356. The second-order valence-corrected chi connectivity index (χ2v) is 8.59. The lowest BCUT2D eigenvalue weighted by molar-refractivity contribution is 0.136. The average Bonchev–Trinajstić information content (AvgIpc) is 3.00. The molecule has 1 heterocycles. The molecular weight excluding hydrogens is 304 g/mol. The number of rotatable bonds is 3. The van der Waals surface area contributed by atoms with Gasteiger partial charge in [-0.2, -0.15) is 0 Å². The zero-order chi connectivity index (χ0) is 16.8. The molecule has 1 aliphatic rings. The van der Waals surface area contributed by atoms with Crippen molar-refractivity contribution in [3.8, 4) is 0 Å². The third-order valence-corrected chi connectivity index (χ3v) is 6.27. The van der Waals surface area contributed by atoms with Gasteiger partial charge in [0.25, 0.3) is 0 Å². The van der Waals surface area contributed by atoms with Gasteiger partial charge in [0, 0.05) is 22.8 Å². The monoisotopic (exact) mass is 330 g/mol. The Bertz CT molecular complexity index is 702. The standard InChI is InChI=1S/C19H26N2OS/c1-11(17-12(2)21-18(23-17)19(3,4)5)20-16-14-9-7-6-8-13(14)10-15(16)22/h6-9,11,15-16,20,22H,10H2,1-5H3. The summed E-state index contributed by atoms with van der Waals surface area (Å²) >= 11 is 1.79. The van der Waals surface area contributed by atoms with Crippen LogP contribution < -0.4 is 5.32 Å². The molecule has 2 aromatic rings. The molecule has 4 heteroatoms. The molecule has 0 bridgehead atoms. The van der Waals surface area contributed by atoms with Crippen LogP contribution in [0, 0.1) is 6.92 Å². The molecule has 1 aromatic carbocycles. The van der Waals surface area contributed by atoms with Crippen LogP contribution in [0.25, 0.3) is 0 Å². The first-order valence-electron chi connectivity index (χ1n) is 8.27. The van der Waals surface area contributed by atoms with Crippen LogP contribution in [0.1, 0.15) is 66.5 Å². The lowest BCUT2D eigenvalue weighted by Gasteiger charge is -2.23. The summed E-state index contributed by atoms with van der Waals surface area (Å²) in [6.07, 6.45) is 0.375. The van der Waals surface area contributed by atoms with E-state index in [1.807, 2.05) is 12.1 Å². The number of nitrogens with zero attached hydrogens (tertiary/aromatic N) is 1. The Labute approximate surface area is 142 Å². The molecule has 3 atom stereocenters. The van der Waals surface area contributed by atoms with Gasteiger partial charge in [-0.05, 0) is 25.0 Å². The van der Waals surface area contributed by atoms with Gasteiger partial charge in [-0.1, -0.05) is 45.0 Å². The largest absolute Gasteiger partial charge is 0.391 e. The van der Waals surface area contributed by atoms with Crippen LogP contribution in [0.4, 0.5) is 0 Å². The summed E-state index contributed by atoms with van der Waals surface area (Å²) in [7, 11) is 0. The van der Waals surface area contributed by atoms with Gasteiger partial charge in [0.2, 0.25) is 0 Å². The first kappa shape index (κ1) is 16.6. The van der Waals surface area contributed by atoms with Crippen LogP contribution in [-0.2, 0) is 11.8 Å². The van der Waals surface area contributed by atoms with E-state index in [2.05, 4.69) is 52.1 Å². The summed E-state index contributed by atoms with van der Waals surface area (Å²) in [5, 5.41) is 15.2. The van der Waals surface area contributed by atoms with E-state index in [1.54, 1.807) is 11.3 Å². The molecular formula is C19H26N2OS. The average molecular weight is 330 g/mol. The number of aromatic nitrogens is 1. The van der Waals surface area contributed by atoms with Crippen LogP contribution in [0.3, 0.4) is 0 Å². The number of fused-ring (bicyclic) bond motifs is 1. The second-order valence-electron chi connectivity index (χ2n) is 7.55. The minimum absolute atomic E-state index is 0.000728. The van der Waals surface area contributed by atoms with E-state index >= 15 is 0 Å². The Morgan fingerprint density at radius 3 is 2.65 bits per heavy atom. The van der Waals surface area contributed by atoms with Gasteiger partial charge in [0.15, 0.2) is 0 Å². The van der Waals surface area contributed by atoms with Crippen molar-refractivity contribution >= 4 is 11.3 Å². The highest BCUT2D eigenvalue weighted by Gasteiger charge is 2.32. The van der Waals surface area contributed by atoms with Gasteiger partial charge in [0.05, 0.1) is 22.8 Å². The summed E-state index contributed by atoms with van der Waals surface area (Å²) in [6, 6.07) is 8.50. The lowest BCUT2D eigenvalue weighted by atomic mass is 9.98. The first-order chi connectivity index (χ1) is 10.8. The van der Waals surface area contributed by atoms with Crippen molar-refractivity contribution in [3.63, 3.8) is 0 Å². The van der Waals surface area contributed by atoms with Crippen molar-refractivity contribution in [2.45, 2.75) is 64.6 Å². The number of aliphatic hydroxyl groups excluding tert-OH is 1. The van der Waals surface area contributed by atoms with Crippen LogP contribution in [-0.4, -0.2) is 16.2 Å². The van der Waals surface area contributed by atoms with Crippen LogP contribution in [0.5, 0.6) is 0 Å². The molecule has 1 aliphatic carbocycles. The van der Waals surface area contributed by atoms with Crippen molar-refractivity contribution in [2.24, 2.45) is 0 Å². The molecule has 3 unspecified atom stereocenters. The normalized spacial score (nSPS) is 22.2. The predicted octanol–water partition coefficient (Wildman–Crippen LogP) is 4.06. The van der Waals surface area contributed by atoms with Crippen LogP contribution in [0.2, 0.25) is 0 Å². The summed E-state index contributed by atoms with van der Waals surface area (Å²) in [6.45, 7) is 10.8. The quantitative estimate of drug-likeness (QED) is 0.892. The van der Waals surface area contributed by atoms with Gasteiger partial charge in [0.1, 0.15) is 0 Å². The fourth-order valence-electron chi connectivity index (χ4n) is 3.25. The third kappa shape index (κ3) is 3.21. The zero-order valence-corrected chi connectivity index (χ0v) is 15.4. The summed E-state index contributed by atoms with van der Waals surface area (Å²) < 4.78 is 0. The highest BCUT2D eigenvalue weighted by atomic mass is 32.1. The molecule has 0 radical (unpaired) electrons. The van der Waals surface area contributed by atoms with Crippen molar-refractivity contribution in [1.29, 1.82) is 0 Å². The fourth-order valence-corrected chi connectivity index (χ4v) is 4.39. The van der Waals surface area contributed by atoms with Gasteiger partial charge in [-0.15, -0.1) is 11.3 Å². The topological polar surface area (TPSA) is 45.2 Å². The summed E-state index contributed by atoms with van der Waals surface area (Å²) in [4.78, 5) is 6.03. The van der Waals surface area contributed by atoms with E-state index in [0.717, 1.165) is 12.1 Å². The fraction of sp³-hybridized carbons (Fsp3) is 0.526. The van der Waals surface area contributed by atoms with E-state index < -0.39 is 0 Å². The first-order valence-corrected chi connectivity index (χ1v) is 9.08. The number of hydrogen-bond acceptors (Lipinski definition) is 4. The van der Waals surface area contributed by atoms with Gasteiger partial charge in [-0.25, -0.2) is 4.98 Å². The van der Waals surface area contributed by atoms with Crippen LogP contribution >= 0.6 is 11.3 Å². The zero-order valence-electron chi connectivity index (χ0n) is 14.6. The number of hydrogen-bond donors (Lipinski definition) is 2. The Kier molecular flexibility index (Phi) is 4.34. The maximum Gasteiger partial charge on any atom is 0.0985 e. The van der Waals surface area contributed by atoms with Crippen LogP contribution in [0.15, 0.2) is 24.3 Å². The SMILES string of the molecule is Cc1nc(C(C)(C)C)sc1C(C)NC1c2ccccc2CC1O. The van der Waals surface area contributed by atoms with Crippen molar-refractivity contribution in [2.75, 3.05) is 0 Å². The van der Waals surface area contributed by atoms with E-state index in [9.17, 15) is 5.11 Å². The Hall–Kier alpha value is -1.23. The van der Waals surface area contributed by atoms with Crippen molar-refractivity contribution in [3.05, 3.63) is 51.0 Å². The molecule has 0 saturated carbocycles. The lowest BCUT2D eigenvalue weighted by Crippen LogP contribution is -2.30. The maximum atomic E-state index is 10.4. The molecule has 2 N–H and O–H groups in total. The highest BCUT2D eigenvalue weighted by Crippen LogP contribution is 2.36. The summed E-state index contributed by atoms with van der Waals surface area (Å²) in [5.74, 6) is 0. The molecule has 0 amide bonds. The predicted molar refractivity (Wildman–Crippen MR) is 96.0 cm³/mol. The molecule has 3 rings (SSSR count). The number of thiazole rings is 1. The third-order valence-electron chi connectivity index (χ3n) is 4.50. The molecule has 0 spiro atoms. The highest BCUT2D eigenvalue weighted by molar-refractivity contribution is 7.12. The van der Waals surface area contributed by atoms with E-state index in [1.165, 1.54) is 21.0 Å². The number of aliphatic hydroxyl groups is 1. The number of nitrogens with one attached hydrogen (secondary N) is 1. The maximum absolute atomic E-state index is 10.4. The molecule has 0 aliphatic heterocycles. The Morgan fingerprint density at radius 2 is 2.00 bits per heavy atom. The van der Waals surface area contributed by atoms with Crippen molar-refractivity contribution < 1.29 is 5.11 Å². The minimum Gasteiger partial charge on any atom is -0.391 e. The number of benzene rings is 1. The van der Waals surface area contributed by atoms with Crippen molar-refractivity contribution in [1.82, 2.24) is 10.3 Å². The molecule has 124 valence electrons. The molecule has 0 saturated heterocycles. The Balaban J connectivity index is 1.83.